The minimum absolute atomic E-state index is 0.784. The van der Waals surface area contributed by atoms with Crippen molar-refractivity contribution in [1.29, 1.82) is 0 Å². The molecule has 2 aromatic rings. The van der Waals surface area contributed by atoms with Crippen LogP contribution in [0.25, 0.3) is 11.1 Å². The largest absolute Gasteiger partial charge is 0.314 e. The van der Waals surface area contributed by atoms with E-state index in [2.05, 4.69) is 54.5 Å². The van der Waals surface area contributed by atoms with Crippen LogP contribution in [0.15, 0.2) is 18.2 Å². The lowest BCUT2D eigenvalue weighted by Gasteiger charge is -2.07. The molecule has 1 aromatic heterocycles. The van der Waals surface area contributed by atoms with Crippen LogP contribution in [0.3, 0.4) is 0 Å². The summed E-state index contributed by atoms with van der Waals surface area (Å²) in [5.41, 5.74) is 7.31. The Morgan fingerprint density at radius 3 is 2.59 bits per heavy atom. The quantitative estimate of drug-likeness (QED) is 0.849. The molecule has 0 bridgehead atoms. The fourth-order valence-electron chi connectivity index (χ4n) is 2.05. The second-order valence-electron chi connectivity index (χ2n) is 4.50. The van der Waals surface area contributed by atoms with E-state index in [1.165, 1.54) is 22.3 Å². The molecule has 3 heteroatoms. The lowest BCUT2D eigenvalue weighted by molar-refractivity contribution is 0.785. The highest BCUT2D eigenvalue weighted by atomic mass is 15.1. The molecular formula is C14H19N3. The van der Waals surface area contributed by atoms with Crippen molar-refractivity contribution in [2.24, 2.45) is 0 Å². The molecule has 90 valence electrons. The van der Waals surface area contributed by atoms with Gasteiger partial charge in [-0.2, -0.15) is 5.10 Å². The number of benzene rings is 1. The lowest BCUT2D eigenvalue weighted by atomic mass is 9.99. The average Bonchev–Trinajstić information content (AvgIpc) is 2.65. The van der Waals surface area contributed by atoms with E-state index in [0.717, 1.165) is 17.9 Å². The second-order valence-corrected chi connectivity index (χ2v) is 4.50. The van der Waals surface area contributed by atoms with Crippen LogP contribution in [0.2, 0.25) is 0 Å². The zero-order valence-corrected chi connectivity index (χ0v) is 10.9. The van der Waals surface area contributed by atoms with Gasteiger partial charge in [-0.3, -0.25) is 5.10 Å². The summed E-state index contributed by atoms with van der Waals surface area (Å²) in [5.74, 6) is 0. The maximum Gasteiger partial charge on any atom is 0.0840 e. The third-order valence-electron chi connectivity index (χ3n) is 3.16. The van der Waals surface area contributed by atoms with E-state index in [-0.39, 0.29) is 0 Å². The van der Waals surface area contributed by atoms with Gasteiger partial charge < -0.3 is 5.32 Å². The molecule has 0 amide bonds. The number of aromatic amines is 1. The Balaban J connectivity index is 2.51. The molecule has 1 heterocycles. The Kier molecular flexibility index (Phi) is 3.29. The monoisotopic (exact) mass is 229 g/mol. The number of hydrogen-bond acceptors (Lipinski definition) is 2. The third-order valence-corrected chi connectivity index (χ3v) is 3.16. The van der Waals surface area contributed by atoms with Crippen LogP contribution in [0.1, 0.15) is 22.5 Å². The molecule has 0 spiro atoms. The molecule has 3 nitrogen and oxygen atoms in total. The van der Waals surface area contributed by atoms with Crippen LogP contribution in [0.4, 0.5) is 0 Å². The molecule has 0 saturated heterocycles. The van der Waals surface area contributed by atoms with Crippen molar-refractivity contribution < 1.29 is 0 Å². The maximum absolute atomic E-state index is 4.35. The molecule has 1 aromatic carbocycles. The van der Waals surface area contributed by atoms with Crippen molar-refractivity contribution in [3.05, 3.63) is 40.7 Å². The zero-order chi connectivity index (χ0) is 12.4. The van der Waals surface area contributed by atoms with E-state index in [1.54, 1.807) is 0 Å². The third kappa shape index (κ3) is 2.24. The minimum atomic E-state index is 0.784. The normalized spacial score (nSPS) is 10.8. The summed E-state index contributed by atoms with van der Waals surface area (Å²) < 4.78 is 0. The fraction of sp³-hybridized carbons (Fsp3) is 0.357. The van der Waals surface area contributed by atoms with Crippen LogP contribution in [-0.2, 0) is 6.54 Å². The van der Waals surface area contributed by atoms with Gasteiger partial charge in [0.1, 0.15) is 0 Å². The molecule has 2 rings (SSSR count). The number of hydrogen-bond donors (Lipinski definition) is 2. The van der Waals surface area contributed by atoms with Gasteiger partial charge in [-0.1, -0.05) is 18.2 Å². The van der Waals surface area contributed by atoms with E-state index in [0.29, 0.717) is 0 Å². The molecule has 0 aliphatic heterocycles. The smallest absolute Gasteiger partial charge is 0.0840 e. The Morgan fingerprint density at radius 2 is 1.94 bits per heavy atom. The van der Waals surface area contributed by atoms with Gasteiger partial charge >= 0.3 is 0 Å². The Morgan fingerprint density at radius 1 is 1.18 bits per heavy atom. The summed E-state index contributed by atoms with van der Waals surface area (Å²) in [4.78, 5) is 0. The van der Waals surface area contributed by atoms with E-state index < -0.39 is 0 Å². The first-order valence-electron chi connectivity index (χ1n) is 5.89. The van der Waals surface area contributed by atoms with Gasteiger partial charge in [0.05, 0.1) is 5.69 Å². The van der Waals surface area contributed by atoms with Crippen molar-refractivity contribution in [3.63, 3.8) is 0 Å². The SMILES string of the molecule is CNCc1n[nH]c(C)c1-c1ccc(C)c(C)c1. The molecule has 0 unspecified atom stereocenters. The highest BCUT2D eigenvalue weighted by Crippen LogP contribution is 2.27. The van der Waals surface area contributed by atoms with Crippen molar-refractivity contribution >= 4 is 0 Å². The first kappa shape index (κ1) is 11.9. The molecule has 2 N–H and O–H groups in total. The Bertz CT molecular complexity index is 526. The van der Waals surface area contributed by atoms with E-state index in [1.807, 2.05) is 7.05 Å². The van der Waals surface area contributed by atoms with Crippen molar-refractivity contribution in [1.82, 2.24) is 15.5 Å². The van der Waals surface area contributed by atoms with E-state index in [9.17, 15) is 0 Å². The predicted molar refractivity (Wildman–Crippen MR) is 71.0 cm³/mol. The van der Waals surface area contributed by atoms with E-state index >= 15 is 0 Å². The van der Waals surface area contributed by atoms with Crippen molar-refractivity contribution in [2.45, 2.75) is 27.3 Å². The Hall–Kier alpha value is -1.61. The number of aryl methyl sites for hydroxylation is 3. The predicted octanol–water partition coefficient (Wildman–Crippen LogP) is 2.72. The number of aromatic nitrogens is 2. The molecule has 0 aliphatic carbocycles. The van der Waals surface area contributed by atoms with Gasteiger partial charge in [-0.05, 0) is 44.5 Å². The molecule has 0 aliphatic rings. The molecule has 0 saturated carbocycles. The van der Waals surface area contributed by atoms with Gasteiger partial charge in [-0.25, -0.2) is 0 Å². The number of H-pyrrole nitrogens is 1. The van der Waals surface area contributed by atoms with Crippen LogP contribution >= 0.6 is 0 Å². The zero-order valence-electron chi connectivity index (χ0n) is 10.9. The standard InChI is InChI=1S/C14H19N3/c1-9-5-6-12(7-10(9)2)14-11(3)16-17-13(14)8-15-4/h5-7,15H,8H2,1-4H3,(H,16,17). The summed E-state index contributed by atoms with van der Waals surface area (Å²) in [6, 6.07) is 6.56. The summed E-state index contributed by atoms with van der Waals surface area (Å²) in [6.45, 7) is 7.13. The van der Waals surface area contributed by atoms with Gasteiger partial charge in [0.25, 0.3) is 0 Å². The van der Waals surface area contributed by atoms with Gasteiger partial charge in [0.2, 0.25) is 0 Å². The lowest BCUT2D eigenvalue weighted by Crippen LogP contribution is -2.06. The second kappa shape index (κ2) is 4.72. The topological polar surface area (TPSA) is 40.7 Å². The number of nitrogens with one attached hydrogen (secondary N) is 2. The summed E-state index contributed by atoms with van der Waals surface area (Å²) >= 11 is 0. The molecule has 0 atom stereocenters. The summed E-state index contributed by atoms with van der Waals surface area (Å²) in [5, 5.41) is 10.6. The molecular weight excluding hydrogens is 210 g/mol. The van der Waals surface area contributed by atoms with Crippen molar-refractivity contribution in [3.8, 4) is 11.1 Å². The van der Waals surface area contributed by atoms with Crippen LogP contribution in [0, 0.1) is 20.8 Å². The molecule has 0 fully saturated rings. The van der Waals surface area contributed by atoms with Crippen LogP contribution < -0.4 is 5.32 Å². The average molecular weight is 229 g/mol. The number of nitrogens with zero attached hydrogens (tertiary/aromatic N) is 1. The molecule has 17 heavy (non-hydrogen) atoms. The van der Waals surface area contributed by atoms with Crippen LogP contribution in [0.5, 0.6) is 0 Å². The van der Waals surface area contributed by atoms with Gasteiger partial charge in [-0.15, -0.1) is 0 Å². The van der Waals surface area contributed by atoms with E-state index in [4.69, 9.17) is 0 Å². The highest BCUT2D eigenvalue weighted by Gasteiger charge is 2.12. The first-order chi connectivity index (χ1) is 8.13. The van der Waals surface area contributed by atoms with Gasteiger partial charge in [0.15, 0.2) is 0 Å². The maximum atomic E-state index is 4.35. The first-order valence-corrected chi connectivity index (χ1v) is 5.89. The Labute approximate surface area is 102 Å². The number of rotatable bonds is 3. The highest BCUT2D eigenvalue weighted by molar-refractivity contribution is 5.69. The van der Waals surface area contributed by atoms with Crippen molar-refractivity contribution in [2.75, 3.05) is 7.05 Å². The molecule has 0 radical (unpaired) electrons. The van der Waals surface area contributed by atoms with Crippen LogP contribution in [-0.4, -0.2) is 17.2 Å². The minimum Gasteiger partial charge on any atom is -0.314 e. The summed E-state index contributed by atoms with van der Waals surface area (Å²) in [6.07, 6.45) is 0. The fourth-order valence-corrected chi connectivity index (χ4v) is 2.05. The summed E-state index contributed by atoms with van der Waals surface area (Å²) in [7, 11) is 1.94. The van der Waals surface area contributed by atoms with Gasteiger partial charge in [0, 0.05) is 17.8 Å².